The zero-order chi connectivity index (χ0) is 27.5. The van der Waals surface area contributed by atoms with Crippen LogP contribution in [0.2, 0.25) is 5.02 Å². The van der Waals surface area contributed by atoms with Crippen LogP contribution in [-0.4, -0.2) is 31.2 Å². The molecule has 0 spiro atoms. The van der Waals surface area contributed by atoms with E-state index in [4.69, 9.17) is 31.1 Å². The van der Waals surface area contributed by atoms with Crippen LogP contribution in [0.4, 0.5) is 0 Å². The normalized spacial score (nSPS) is 15.4. The van der Waals surface area contributed by atoms with Gasteiger partial charge >= 0.3 is 0 Å². The van der Waals surface area contributed by atoms with Crippen LogP contribution in [0.5, 0.6) is 0 Å². The summed E-state index contributed by atoms with van der Waals surface area (Å²) in [6, 6.07) is 32.7. The standard InChI is InChI=1S/C33H22ClN5O2/c34-23-12-4-2-10-21(23)28-18-26(30-17-20-9-1-8-16-29(20)41-30)37-39(28)31(40)19-38-27-15-7-3-11-22(27)32-33(38)36-25-14-6-5-13-24(25)35-32/h1-17,28H,18-19H2. The molecule has 1 aliphatic rings. The third-order valence-electron chi connectivity index (χ3n) is 7.69. The fourth-order valence-corrected chi connectivity index (χ4v) is 6.01. The van der Waals surface area contributed by atoms with Crippen LogP contribution in [0, 0.1) is 0 Å². The summed E-state index contributed by atoms with van der Waals surface area (Å²) >= 11 is 6.65. The van der Waals surface area contributed by atoms with E-state index in [-0.39, 0.29) is 18.5 Å². The van der Waals surface area contributed by atoms with Gasteiger partial charge in [-0.1, -0.05) is 78.3 Å². The molecule has 4 heterocycles. The van der Waals surface area contributed by atoms with Crippen LogP contribution in [0.3, 0.4) is 0 Å². The zero-order valence-electron chi connectivity index (χ0n) is 21.7. The number of para-hydroxylation sites is 4. The van der Waals surface area contributed by atoms with Crippen molar-refractivity contribution in [1.82, 2.24) is 19.5 Å². The summed E-state index contributed by atoms with van der Waals surface area (Å²) in [7, 11) is 0. The molecule has 0 fully saturated rings. The Morgan fingerprint density at radius 2 is 1.61 bits per heavy atom. The first-order valence-corrected chi connectivity index (χ1v) is 13.8. The number of hydrogen-bond acceptors (Lipinski definition) is 5. The first-order chi connectivity index (χ1) is 20.1. The lowest BCUT2D eigenvalue weighted by Crippen LogP contribution is -2.30. The summed E-state index contributed by atoms with van der Waals surface area (Å²) < 4.78 is 8.07. The molecule has 8 heteroatoms. The minimum Gasteiger partial charge on any atom is -0.455 e. The van der Waals surface area contributed by atoms with E-state index in [1.807, 2.05) is 108 Å². The zero-order valence-corrected chi connectivity index (χ0v) is 22.5. The monoisotopic (exact) mass is 555 g/mol. The highest BCUT2D eigenvalue weighted by atomic mass is 35.5. The van der Waals surface area contributed by atoms with Crippen molar-refractivity contribution in [3.8, 4) is 0 Å². The van der Waals surface area contributed by atoms with E-state index < -0.39 is 0 Å². The van der Waals surface area contributed by atoms with Gasteiger partial charge in [-0.05, 0) is 42.0 Å². The van der Waals surface area contributed by atoms with Crippen molar-refractivity contribution in [1.29, 1.82) is 0 Å². The lowest BCUT2D eigenvalue weighted by molar-refractivity contribution is -0.133. The Bertz CT molecular complexity index is 2150. The summed E-state index contributed by atoms with van der Waals surface area (Å²) in [6.45, 7) is 0.0366. The number of fused-ring (bicyclic) bond motifs is 5. The van der Waals surface area contributed by atoms with Gasteiger partial charge in [0.15, 0.2) is 11.4 Å². The number of amides is 1. The number of halogens is 1. The van der Waals surface area contributed by atoms with Crippen molar-refractivity contribution in [2.24, 2.45) is 5.10 Å². The molecule has 7 nitrogen and oxygen atoms in total. The fraction of sp³-hybridized carbons (Fsp3) is 0.0909. The summed E-state index contributed by atoms with van der Waals surface area (Å²) in [6.07, 6.45) is 0.479. The molecule has 0 N–H and O–H groups in total. The minimum atomic E-state index is -0.376. The minimum absolute atomic E-state index is 0.0366. The van der Waals surface area contributed by atoms with Crippen LogP contribution < -0.4 is 0 Å². The van der Waals surface area contributed by atoms with E-state index in [0.717, 1.165) is 44.0 Å². The van der Waals surface area contributed by atoms with Gasteiger partial charge in [-0.2, -0.15) is 5.10 Å². The van der Waals surface area contributed by atoms with Crippen molar-refractivity contribution in [3.05, 3.63) is 119 Å². The number of benzene rings is 4. The van der Waals surface area contributed by atoms with Crippen LogP contribution in [-0.2, 0) is 11.3 Å². The molecule has 1 unspecified atom stereocenters. The number of furan rings is 1. The molecule has 3 aromatic heterocycles. The maximum absolute atomic E-state index is 14.2. The van der Waals surface area contributed by atoms with Crippen molar-refractivity contribution in [2.75, 3.05) is 0 Å². The van der Waals surface area contributed by atoms with Crippen LogP contribution in [0.25, 0.3) is 44.1 Å². The molecular weight excluding hydrogens is 534 g/mol. The lowest BCUT2D eigenvalue weighted by atomic mass is 10.0. The molecule has 0 radical (unpaired) electrons. The van der Waals surface area contributed by atoms with Gasteiger partial charge in [0.25, 0.3) is 5.91 Å². The number of nitrogens with zero attached hydrogens (tertiary/aromatic N) is 5. The first-order valence-electron chi connectivity index (χ1n) is 13.4. The van der Waals surface area contributed by atoms with Gasteiger partial charge in [0.05, 0.1) is 22.6 Å². The van der Waals surface area contributed by atoms with Crippen molar-refractivity contribution in [3.63, 3.8) is 0 Å². The van der Waals surface area contributed by atoms with E-state index in [1.165, 1.54) is 0 Å². The smallest absolute Gasteiger partial charge is 0.263 e. The Balaban J connectivity index is 1.24. The number of hydrazone groups is 1. The molecule has 1 amide bonds. The molecule has 0 saturated heterocycles. The summed E-state index contributed by atoms with van der Waals surface area (Å²) in [4.78, 5) is 24.0. The van der Waals surface area contributed by atoms with E-state index in [1.54, 1.807) is 5.01 Å². The molecule has 41 heavy (non-hydrogen) atoms. The molecular formula is C33H22ClN5O2. The van der Waals surface area contributed by atoms with Crippen LogP contribution in [0.15, 0.2) is 113 Å². The summed E-state index contributed by atoms with van der Waals surface area (Å²) in [5.41, 5.74) is 6.22. The van der Waals surface area contributed by atoms with Gasteiger partial charge in [0.2, 0.25) is 0 Å². The highest BCUT2D eigenvalue weighted by molar-refractivity contribution is 6.31. The van der Waals surface area contributed by atoms with E-state index in [2.05, 4.69) is 0 Å². The molecule has 4 aromatic carbocycles. The van der Waals surface area contributed by atoms with Gasteiger partial charge in [0, 0.05) is 22.2 Å². The molecule has 8 rings (SSSR count). The maximum atomic E-state index is 14.2. The number of aromatic nitrogens is 3. The average molecular weight is 556 g/mol. The van der Waals surface area contributed by atoms with Gasteiger partial charge in [-0.3, -0.25) is 4.79 Å². The molecule has 0 aliphatic carbocycles. The van der Waals surface area contributed by atoms with Gasteiger partial charge in [-0.25, -0.2) is 15.0 Å². The highest BCUT2D eigenvalue weighted by Gasteiger charge is 2.36. The SMILES string of the molecule is O=C(Cn1c2ccccc2c2nc3ccccc3nc21)N1N=C(c2cc3ccccc3o2)CC1c1ccccc1Cl. The number of rotatable bonds is 4. The van der Waals surface area contributed by atoms with Gasteiger partial charge in [-0.15, -0.1) is 0 Å². The molecule has 7 aromatic rings. The van der Waals surface area contributed by atoms with Crippen LogP contribution >= 0.6 is 11.6 Å². The summed E-state index contributed by atoms with van der Waals surface area (Å²) in [5, 5.41) is 8.92. The first kappa shape index (κ1) is 23.8. The Morgan fingerprint density at radius 1 is 0.878 bits per heavy atom. The summed E-state index contributed by atoms with van der Waals surface area (Å²) in [5.74, 6) is 0.464. The third kappa shape index (κ3) is 3.89. The van der Waals surface area contributed by atoms with Crippen molar-refractivity contribution in [2.45, 2.75) is 19.0 Å². The lowest BCUT2D eigenvalue weighted by Gasteiger charge is -2.23. The fourth-order valence-electron chi connectivity index (χ4n) is 5.75. The topological polar surface area (TPSA) is 76.5 Å². The quantitative estimate of drug-likeness (QED) is 0.225. The van der Waals surface area contributed by atoms with Gasteiger partial charge < -0.3 is 8.98 Å². The van der Waals surface area contributed by atoms with Crippen LogP contribution in [0.1, 0.15) is 23.8 Å². The predicted molar refractivity (Wildman–Crippen MR) is 161 cm³/mol. The Hall–Kier alpha value is -5.01. The van der Waals surface area contributed by atoms with Crippen molar-refractivity contribution < 1.29 is 9.21 Å². The van der Waals surface area contributed by atoms with Gasteiger partial charge in [0.1, 0.15) is 23.4 Å². The Labute approximate surface area is 239 Å². The number of carbonyl (C=O) groups is 1. The van der Waals surface area contributed by atoms with E-state index >= 15 is 0 Å². The Kier molecular flexibility index (Phi) is 5.40. The largest absolute Gasteiger partial charge is 0.455 e. The highest BCUT2D eigenvalue weighted by Crippen LogP contribution is 2.38. The second-order valence-electron chi connectivity index (χ2n) is 10.2. The Morgan fingerprint density at radius 3 is 2.46 bits per heavy atom. The van der Waals surface area contributed by atoms with Crippen molar-refractivity contribution >= 4 is 67.3 Å². The predicted octanol–water partition coefficient (Wildman–Crippen LogP) is 7.52. The number of hydrogen-bond donors (Lipinski definition) is 0. The average Bonchev–Trinajstić information content (AvgIpc) is 3.71. The molecule has 1 atom stereocenters. The number of carbonyl (C=O) groups excluding carboxylic acids is 1. The van der Waals surface area contributed by atoms with E-state index in [0.29, 0.717) is 28.6 Å². The maximum Gasteiger partial charge on any atom is 0.263 e. The second-order valence-corrected chi connectivity index (χ2v) is 10.6. The second kappa shape index (κ2) is 9.28. The molecule has 198 valence electrons. The third-order valence-corrected chi connectivity index (χ3v) is 8.04. The molecule has 1 aliphatic heterocycles. The molecule has 0 saturated carbocycles. The molecule has 0 bridgehead atoms. The van der Waals surface area contributed by atoms with E-state index in [9.17, 15) is 4.79 Å².